The summed E-state index contributed by atoms with van der Waals surface area (Å²) in [5.41, 5.74) is 8.57. The van der Waals surface area contributed by atoms with Gasteiger partial charge in [-0.1, -0.05) is 24.0 Å². The maximum Gasteiger partial charge on any atom is 0.138 e. The van der Waals surface area contributed by atoms with Gasteiger partial charge in [0.15, 0.2) is 0 Å². The van der Waals surface area contributed by atoms with Gasteiger partial charge in [0.2, 0.25) is 0 Å². The second-order valence-electron chi connectivity index (χ2n) is 4.36. The van der Waals surface area contributed by atoms with Crippen molar-refractivity contribution in [2.75, 3.05) is 20.0 Å². The lowest BCUT2D eigenvalue weighted by atomic mass is 10.1. The topological polar surface area (TPSA) is 64.7 Å². The van der Waals surface area contributed by atoms with Crippen LogP contribution in [0.1, 0.15) is 16.7 Å². The minimum Gasteiger partial charge on any atom is -0.496 e. The van der Waals surface area contributed by atoms with Crippen molar-refractivity contribution in [3.8, 4) is 23.3 Å². The number of hydrogen-bond acceptors (Lipinski definition) is 4. The van der Waals surface area contributed by atoms with Crippen LogP contribution in [0.3, 0.4) is 0 Å². The Morgan fingerprint density at radius 3 is 2.29 bits per heavy atom. The summed E-state index contributed by atoms with van der Waals surface area (Å²) in [5.74, 6) is 7.20. The minimum absolute atomic E-state index is 0.130. The third-order valence-electron chi connectivity index (χ3n) is 3.07. The molecule has 2 aromatic carbocycles. The molecule has 0 aliphatic carbocycles. The fourth-order valence-corrected chi connectivity index (χ4v) is 1.93. The first-order valence-corrected chi connectivity index (χ1v) is 6.42. The highest BCUT2D eigenvalue weighted by Crippen LogP contribution is 2.28. The van der Waals surface area contributed by atoms with Crippen molar-refractivity contribution >= 4 is 5.69 Å². The number of benzene rings is 2. The van der Waals surface area contributed by atoms with Gasteiger partial charge in [0.05, 0.1) is 26.4 Å². The Kier molecular flexibility index (Phi) is 4.70. The number of ether oxygens (including phenoxy) is 2. The summed E-state index contributed by atoms with van der Waals surface area (Å²) < 4.78 is 10.5. The van der Waals surface area contributed by atoms with Crippen molar-refractivity contribution in [2.45, 2.75) is 6.61 Å². The first-order chi connectivity index (χ1) is 10.2. The van der Waals surface area contributed by atoms with Crippen LogP contribution in [0.25, 0.3) is 0 Å². The molecule has 0 bridgehead atoms. The van der Waals surface area contributed by atoms with Crippen LogP contribution >= 0.6 is 0 Å². The van der Waals surface area contributed by atoms with E-state index in [4.69, 9.17) is 15.2 Å². The van der Waals surface area contributed by atoms with Crippen LogP contribution in [0.15, 0.2) is 36.4 Å². The van der Waals surface area contributed by atoms with E-state index in [0.29, 0.717) is 28.3 Å². The Balaban J connectivity index is 2.47. The normalized spacial score (nSPS) is 9.67. The maximum atomic E-state index is 9.38. The van der Waals surface area contributed by atoms with Gasteiger partial charge in [-0.05, 0) is 18.2 Å². The molecule has 0 heterocycles. The van der Waals surface area contributed by atoms with Gasteiger partial charge in [0, 0.05) is 22.9 Å². The van der Waals surface area contributed by atoms with Crippen LogP contribution in [-0.2, 0) is 6.61 Å². The van der Waals surface area contributed by atoms with Gasteiger partial charge in [-0.3, -0.25) is 0 Å². The number of hydrogen-bond donors (Lipinski definition) is 2. The second-order valence-corrected chi connectivity index (χ2v) is 4.36. The van der Waals surface area contributed by atoms with E-state index in [9.17, 15) is 5.11 Å². The number of aliphatic hydroxyl groups is 1. The van der Waals surface area contributed by atoms with E-state index in [1.165, 1.54) is 0 Å². The van der Waals surface area contributed by atoms with Crippen molar-refractivity contribution in [1.29, 1.82) is 0 Å². The van der Waals surface area contributed by atoms with Crippen molar-refractivity contribution in [3.05, 3.63) is 53.1 Å². The van der Waals surface area contributed by atoms with Crippen LogP contribution in [0.2, 0.25) is 0 Å². The minimum atomic E-state index is -0.130. The van der Waals surface area contributed by atoms with Crippen LogP contribution in [0.4, 0.5) is 5.69 Å². The number of nitrogens with two attached hydrogens (primary N) is 1. The van der Waals surface area contributed by atoms with Crippen LogP contribution in [0, 0.1) is 11.8 Å². The van der Waals surface area contributed by atoms with Gasteiger partial charge in [-0.15, -0.1) is 0 Å². The Labute approximate surface area is 124 Å². The van der Waals surface area contributed by atoms with Crippen molar-refractivity contribution in [2.24, 2.45) is 0 Å². The van der Waals surface area contributed by atoms with E-state index in [1.807, 2.05) is 18.2 Å². The molecule has 0 aliphatic rings. The molecule has 0 fully saturated rings. The van der Waals surface area contributed by atoms with E-state index < -0.39 is 0 Å². The van der Waals surface area contributed by atoms with Gasteiger partial charge in [0.1, 0.15) is 11.5 Å². The number of anilines is 1. The monoisotopic (exact) mass is 283 g/mol. The van der Waals surface area contributed by atoms with Crippen molar-refractivity contribution in [3.63, 3.8) is 0 Å². The quantitative estimate of drug-likeness (QED) is 0.669. The third kappa shape index (κ3) is 3.28. The summed E-state index contributed by atoms with van der Waals surface area (Å²) in [4.78, 5) is 0. The first kappa shape index (κ1) is 14.8. The zero-order chi connectivity index (χ0) is 15.2. The lowest BCUT2D eigenvalue weighted by Crippen LogP contribution is -1.96. The molecule has 0 amide bonds. The number of nitrogen functional groups attached to an aromatic ring is 1. The SMILES string of the molecule is COc1cc(OC)c(CO)cc1C#Cc1ccccc1N. The molecule has 4 nitrogen and oxygen atoms in total. The van der Waals surface area contributed by atoms with E-state index in [-0.39, 0.29) is 6.61 Å². The largest absolute Gasteiger partial charge is 0.496 e. The number of rotatable bonds is 3. The molecule has 0 saturated heterocycles. The molecule has 2 aromatic rings. The van der Waals surface area contributed by atoms with E-state index in [2.05, 4.69) is 11.8 Å². The molecule has 0 aromatic heterocycles. The average Bonchev–Trinajstić information content (AvgIpc) is 2.53. The van der Waals surface area contributed by atoms with Gasteiger partial charge in [-0.2, -0.15) is 0 Å². The van der Waals surface area contributed by atoms with E-state index >= 15 is 0 Å². The average molecular weight is 283 g/mol. The zero-order valence-corrected chi connectivity index (χ0v) is 12.0. The molecule has 0 radical (unpaired) electrons. The highest BCUT2D eigenvalue weighted by atomic mass is 16.5. The van der Waals surface area contributed by atoms with Crippen LogP contribution < -0.4 is 15.2 Å². The Hall–Kier alpha value is -2.64. The van der Waals surface area contributed by atoms with Crippen molar-refractivity contribution in [1.82, 2.24) is 0 Å². The predicted molar refractivity (Wildman–Crippen MR) is 82.3 cm³/mol. The fraction of sp³-hybridized carbons (Fsp3) is 0.176. The summed E-state index contributed by atoms with van der Waals surface area (Å²) >= 11 is 0. The molecule has 108 valence electrons. The maximum absolute atomic E-state index is 9.38. The standard InChI is InChI=1S/C17H17NO3/c1-20-16-10-17(21-2)14(11-19)9-13(16)8-7-12-5-3-4-6-15(12)18/h3-6,9-10,19H,11,18H2,1-2H3. The lowest BCUT2D eigenvalue weighted by Gasteiger charge is -2.10. The highest BCUT2D eigenvalue weighted by molar-refractivity contribution is 5.60. The van der Waals surface area contributed by atoms with Crippen LogP contribution in [-0.4, -0.2) is 19.3 Å². The zero-order valence-electron chi connectivity index (χ0n) is 12.0. The molecule has 0 aliphatic heterocycles. The lowest BCUT2D eigenvalue weighted by molar-refractivity contribution is 0.273. The smallest absolute Gasteiger partial charge is 0.138 e. The molecular formula is C17H17NO3. The molecular weight excluding hydrogens is 266 g/mol. The third-order valence-corrected chi connectivity index (χ3v) is 3.07. The Bertz CT molecular complexity index is 699. The summed E-state index contributed by atoms with van der Waals surface area (Å²) in [7, 11) is 3.11. The summed E-state index contributed by atoms with van der Waals surface area (Å²) in [5, 5.41) is 9.38. The second kappa shape index (κ2) is 6.69. The molecule has 21 heavy (non-hydrogen) atoms. The molecule has 0 saturated carbocycles. The first-order valence-electron chi connectivity index (χ1n) is 6.42. The number of para-hydroxylation sites is 1. The molecule has 2 rings (SSSR count). The van der Waals surface area contributed by atoms with Crippen LogP contribution in [0.5, 0.6) is 11.5 Å². The van der Waals surface area contributed by atoms with Gasteiger partial charge in [-0.25, -0.2) is 0 Å². The Morgan fingerprint density at radius 2 is 1.67 bits per heavy atom. The fourth-order valence-electron chi connectivity index (χ4n) is 1.93. The van der Waals surface area contributed by atoms with Gasteiger partial charge in [0.25, 0.3) is 0 Å². The van der Waals surface area contributed by atoms with E-state index in [0.717, 1.165) is 5.56 Å². The van der Waals surface area contributed by atoms with E-state index in [1.54, 1.807) is 32.4 Å². The van der Waals surface area contributed by atoms with Crippen molar-refractivity contribution < 1.29 is 14.6 Å². The molecule has 0 atom stereocenters. The molecule has 3 N–H and O–H groups in total. The summed E-state index contributed by atoms with van der Waals surface area (Å²) in [6, 6.07) is 10.9. The summed E-state index contributed by atoms with van der Waals surface area (Å²) in [6.45, 7) is -0.130. The highest BCUT2D eigenvalue weighted by Gasteiger charge is 2.09. The number of methoxy groups -OCH3 is 2. The molecule has 0 unspecified atom stereocenters. The van der Waals surface area contributed by atoms with Gasteiger partial charge >= 0.3 is 0 Å². The number of aliphatic hydroxyl groups excluding tert-OH is 1. The van der Waals surface area contributed by atoms with Gasteiger partial charge < -0.3 is 20.3 Å². The predicted octanol–water partition coefficient (Wildman–Crippen LogP) is 2.18. The summed E-state index contributed by atoms with van der Waals surface area (Å²) in [6.07, 6.45) is 0. The molecule has 0 spiro atoms. The molecule has 4 heteroatoms. The Morgan fingerprint density at radius 1 is 1.00 bits per heavy atom.